The van der Waals surface area contributed by atoms with Gasteiger partial charge in [-0.05, 0) is 133 Å². The lowest BCUT2D eigenvalue weighted by molar-refractivity contribution is -0.0324. The summed E-state index contributed by atoms with van der Waals surface area (Å²) in [5.74, 6) is 0. The molecule has 4 atom stereocenters. The summed E-state index contributed by atoms with van der Waals surface area (Å²) in [5, 5.41) is 5.16. The maximum Gasteiger partial charge on any atom is 0.410 e. The van der Waals surface area contributed by atoms with Gasteiger partial charge in [0.05, 0.1) is 26.4 Å². The van der Waals surface area contributed by atoms with E-state index in [2.05, 4.69) is 49.2 Å². The van der Waals surface area contributed by atoms with Crippen LogP contribution in [0.2, 0.25) is 10.0 Å². The van der Waals surface area contributed by atoms with E-state index in [0.717, 1.165) is 127 Å². The topological polar surface area (TPSA) is 73.0 Å². The van der Waals surface area contributed by atoms with Gasteiger partial charge in [0.25, 0.3) is 0 Å². The van der Waals surface area contributed by atoms with Gasteiger partial charge in [0.2, 0.25) is 0 Å². The van der Waals surface area contributed by atoms with Crippen LogP contribution < -0.4 is 5.32 Å². The Morgan fingerprint density at radius 3 is 1.46 bits per heavy atom. The second-order valence-corrected chi connectivity index (χ2v) is 19.7. The van der Waals surface area contributed by atoms with E-state index in [4.69, 9.17) is 37.4 Å². The number of carbonyl (C=O) groups is 1. The number of amides is 1. The van der Waals surface area contributed by atoms with Crippen molar-refractivity contribution >= 4 is 29.3 Å². The molecule has 1 N–H and O–H groups in total. The molecule has 59 heavy (non-hydrogen) atoms. The average molecular weight is 856 g/mol. The van der Waals surface area contributed by atoms with Crippen molar-refractivity contribution in [1.82, 2.24) is 29.8 Å². The highest BCUT2D eigenvalue weighted by Crippen LogP contribution is 2.32. The highest BCUT2D eigenvalue weighted by molar-refractivity contribution is 6.30. The number of likely N-dealkylation sites (tertiary alicyclic amines) is 3. The van der Waals surface area contributed by atoms with Gasteiger partial charge in [-0.25, -0.2) is 4.79 Å². The summed E-state index contributed by atoms with van der Waals surface area (Å²) in [6.45, 7) is 19.8. The summed E-state index contributed by atoms with van der Waals surface area (Å²) in [7, 11) is 0. The van der Waals surface area contributed by atoms with Crippen LogP contribution in [0.15, 0.2) is 48.5 Å². The van der Waals surface area contributed by atoms with Crippen molar-refractivity contribution in [3.63, 3.8) is 0 Å². The van der Waals surface area contributed by atoms with E-state index in [-0.39, 0.29) is 6.09 Å². The van der Waals surface area contributed by atoms with Crippen LogP contribution >= 0.6 is 23.2 Å². The number of hydrogen-bond donors (Lipinski definition) is 1. The van der Waals surface area contributed by atoms with E-state index < -0.39 is 5.60 Å². The number of nitrogens with one attached hydrogen (secondary N) is 1. The highest BCUT2D eigenvalue weighted by atomic mass is 35.5. The van der Waals surface area contributed by atoms with Crippen LogP contribution in [0.4, 0.5) is 4.79 Å². The largest absolute Gasteiger partial charge is 0.444 e. The van der Waals surface area contributed by atoms with E-state index in [1.54, 1.807) is 0 Å². The summed E-state index contributed by atoms with van der Waals surface area (Å²) in [4.78, 5) is 25.4. The molecule has 8 rings (SSSR count). The zero-order valence-electron chi connectivity index (χ0n) is 36.2. The lowest BCUT2D eigenvalue weighted by atomic mass is 9.88. The molecule has 0 unspecified atom stereocenters. The number of carbonyl (C=O) groups excluding carboxylic acids is 1. The maximum atomic E-state index is 12.5. The Morgan fingerprint density at radius 1 is 0.610 bits per heavy atom. The Bertz CT molecular complexity index is 1550. The molecule has 2 aromatic carbocycles. The molecule has 6 fully saturated rings. The molecule has 328 valence electrons. The fourth-order valence-corrected chi connectivity index (χ4v) is 10.8. The molecule has 0 aromatic heterocycles. The SMILES string of the molecule is CC(C)(C)OC(=O)N1CCC(N2C[C@H](N3CCOCC3)CC[C@@H]2Cc2ccc(Cl)cc2)CC1.Clc1ccc(C[C@H]2CC[C@@H](N3CCOCC3)CN2C2CCNCC2)cc1. The quantitative estimate of drug-likeness (QED) is 0.296. The van der Waals surface area contributed by atoms with E-state index >= 15 is 0 Å². The molecule has 0 radical (unpaired) electrons. The van der Waals surface area contributed by atoms with Gasteiger partial charge in [0, 0.05) is 98.7 Å². The molecule has 0 saturated carbocycles. The summed E-state index contributed by atoms with van der Waals surface area (Å²) in [5.41, 5.74) is 2.32. The maximum absolute atomic E-state index is 12.5. The summed E-state index contributed by atoms with van der Waals surface area (Å²) < 4.78 is 16.8. The minimum Gasteiger partial charge on any atom is -0.444 e. The van der Waals surface area contributed by atoms with E-state index in [9.17, 15) is 4.79 Å². The minimum absolute atomic E-state index is 0.177. The normalized spacial score (nSPS) is 27.8. The molecule has 0 bridgehead atoms. The fraction of sp³-hybridized carbons (Fsp3) is 0.723. The number of nitrogens with zero attached hydrogens (tertiary/aromatic N) is 5. The number of rotatable bonds is 8. The van der Waals surface area contributed by atoms with Crippen LogP contribution in [0.3, 0.4) is 0 Å². The molecule has 6 aliphatic rings. The van der Waals surface area contributed by atoms with Gasteiger partial charge in [0.15, 0.2) is 0 Å². The first-order valence-electron chi connectivity index (χ1n) is 22.9. The Hall–Kier alpha value is -1.99. The third-order valence-corrected chi connectivity index (χ3v) is 14.2. The lowest BCUT2D eigenvalue weighted by Gasteiger charge is -2.49. The standard InChI is InChI=1S/C26H40ClN3O3.C21H32ClN3O/c1-26(2,3)33-25(31)29-12-10-22(11-13-29)30-19-24(28-14-16-32-17-15-28)9-8-23(30)18-20-4-6-21(27)7-5-20;22-18-3-1-17(2-4-18)15-20-5-6-21(24-11-13-26-14-12-24)16-25(20)19-7-9-23-10-8-19/h4-7,22-24H,8-19H2,1-3H3;1-4,19-21,23H,5-16H2/t23-,24-;20-,21-/m11/s1. The zero-order valence-corrected chi connectivity index (χ0v) is 37.7. The van der Waals surface area contributed by atoms with Crippen molar-refractivity contribution in [1.29, 1.82) is 0 Å². The molecule has 0 spiro atoms. The van der Waals surface area contributed by atoms with E-state index in [1.165, 1.54) is 56.2 Å². The third-order valence-electron chi connectivity index (χ3n) is 13.7. The second kappa shape index (κ2) is 21.9. The Morgan fingerprint density at radius 2 is 1.03 bits per heavy atom. The number of ether oxygens (including phenoxy) is 3. The minimum atomic E-state index is -0.449. The van der Waals surface area contributed by atoms with Gasteiger partial charge in [-0.15, -0.1) is 0 Å². The molecule has 1 amide bonds. The van der Waals surface area contributed by atoms with Crippen molar-refractivity contribution in [2.45, 2.75) is 127 Å². The number of morpholine rings is 2. The number of benzene rings is 2. The van der Waals surface area contributed by atoms with Crippen LogP contribution in [0.5, 0.6) is 0 Å². The van der Waals surface area contributed by atoms with Crippen LogP contribution in [-0.4, -0.2) is 164 Å². The van der Waals surface area contributed by atoms with Crippen LogP contribution in [0.1, 0.15) is 83.3 Å². The molecular weight excluding hydrogens is 783 g/mol. The lowest BCUT2D eigenvalue weighted by Crippen LogP contribution is -2.59. The Labute approximate surface area is 365 Å². The summed E-state index contributed by atoms with van der Waals surface area (Å²) in [6.07, 6.45) is 11.7. The first kappa shape index (κ1) is 45.0. The van der Waals surface area contributed by atoms with Gasteiger partial charge >= 0.3 is 6.09 Å². The molecule has 6 heterocycles. The smallest absolute Gasteiger partial charge is 0.410 e. The zero-order chi connectivity index (χ0) is 41.2. The van der Waals surface area contributed by atoms with E-state index in [1.807, 2.05) is 49.9 Å². The number of hydrogen-bond acceptors (Lipinski definition) is 9. The van der Waals surface area contributed by atoms with Crippen molar-refractivity contribution in [2.24, 2.45) is 0 Å². The number of halogens is 2. The van der Waals surface area contributed by atoms with Gasteiger partial charge in [-0.3, -0.25) is 19.6 Å². The molecular formula is C47H72Cl2N6O4. The molecule has 10 nitrogen and oxygen atoms in total. The van der Waals surface area contributed by atoms with Crippen LogP contribution in [0.25, 0.3) is 0 Å². The van der Waals surface area contributed by atoms with Crippen LogP contribution in [-0.2, 0) is 27.1 Å². The fourth-order valence-electron chi connectivity index (χ4n) is 10.5. The number of piperidine rings is 4. The molecule has 12 heteroatoms. The van der Waals surface area contributed by atoms with Crippen LogP contribution in [0, 0.1) is 0 Å². The van der Waals surface area contributed by atoms with Gasteiger partial charge < -0.3 is 24.4 Å². The van der Waals surface area contributed by atoms with Crippen molar-refractivity contribution < 1.29 is 19.0 Å². The van der Waals surface area contributed by atoms with Gasteiger partial charge in [-0.1, -0.05) is 47.5 Å². The first-order valence-corrected chi connectivity index (χ1v) is 23.7. The Kier molecular flexibility index (Phi) is 16.7. The van der Waals surface area contributed by atoms with E-state index in [0.29, 0.717) is 30.2 Å². The van der Waals surface area contributed by atoms with Crippen molar-refractivity contribution in [2.75, 3.05) is 91.9 Å². The molecule has 0 aliphatic carbocycles. The second-order valence-electron chi connectivity index (χ2n) is 18.8. The predicted molar refractivity (Wildman–Crippen MR) is 239 cm³/mol. The molecule has 6 saturated heterocycles. The highest BCUT2D eigenvalue weighted by Gasteiger charge is 2.39. The Balaban J connectivity index is 0.000000184. The van der Waals surface area contributed by atoms with Crippen molar-refractivity contribution in [3.8, 4) is 0 Å². The summed E-state index contributed by atoms with van der Waals surface area (Å²) in [6, 6.07) is 20.5. The monoisotopic (exact) mass is 854 g/mol. The summed E-state index contributed by atoms with van der Waals surface area (Å²) >= 11 is 12.2. The average Bonchev–Trinajstić information content (AvgIpc) is 3.26. The van der Waals surface area contributed by atoms with Gasteiger partial charge in [-0.2, -0.15) is 0 Å². The molecule has 2 aromatic rings. The van der Waals surface area contributed by atoms with Gasteiger partial charge in [0.1, 0.15) is 5.60 Å². The first-order chi connectivity index (χ1) is 28.6. The van der Waals surface area contributed by atoms with Crippen molar-refractivity contribution in [3.05, 3.63) is 69.7 Å². The third kappa shape index (κ3) is 13.3. The predicted octanol–water partition coefficient (Wildman–Crippen LogP) is 7.25. The molecule has 6 aliphatic heterocycles.